The SMILES string of the molecule is O=C(O)c1ccc(N(c2cccc(-c3ccc(Oc4ccccc4)cc3)c2)S(=O)O)cc1O. The Labute approximate surface area is 192 Å². The average Bonchev–Trinajstić information content (AvgIpc) is 2.80. The fourth-order valence-corrected chi connectivity index (χ4v) is 3.90. The number of anilines is 2. The molecule has 1 unspecified atom stereocenters. The number of nitrogens with zero attached hydrogens (tertiary/aromatic N) is 1. The van der Waals surface area contributed by atoms with Crippen LogP contribution in [-0.2, 0) is 11.3 Å². The number of ether oxygens (including phenoxy) is 1. The minimum absolute atomic E-state index is 0.169. The van der Waals surface area contributed by atoms with Gasteiger partial charge in [0.25, 0.3) is 11.3 Å². The van der Waals surface area contributed by atoms with Crippen molar-refractivity contribution < 1.29 is 28.5 Å². The molecular weight excluding hydrogens is 442 g/mol. The monoisotopic (exact) mass is 461 g/mol. The lowest BCUT2D eigenvalue weighted by molar-refractivity contribution is 0.0693. The van der Waals surface area contributed by atoms with Gasteiger partial charge in [-0.3, -0.25) is 4.55 Å². The van der Waals surface area contributed by atoms with Crippen LogP contribution in [0.3, 0.4) is 0 Å². The number of para-hydroxylation sites is 1. The molecule has 0 saturated carbocycles. The Kier molecular flexibility index (Phi) is 6.39. The Balaban J connectivity index is 1.62. The molecule has 4 aromatic carbocycles. The van der Waals surface area contributed by atoms with Crippen LogP contribution in [-0.4, -0.2) is 24.9 Å². The second-order valence-electron chi connectivity index (χ2n) is 7.02. The third-order valence-corrected chi connectivity index (χ3v) is 5.58. The van der Waals surface area contributed by atoms with Crippen molar-refractivity contribution in [1.82, 2.24) is 0 Å². The van der Waals surface area contributed by atoms with Gasteiger partial charge in [0.15, 0.2) is 0 Å². The molecule has 4 aromatic rings. The summed E-state index contributed by atoms with van der Waals surface area (Å²) in [6.07, 6.45) is 0. The van der Waals surface area contributed by atoms with Crippen molar-refractivity contribution in [2.75, 3.05) is 4.31 Å². The summed E-state index contributed by atoms with van der Waals surface area (Å²) in [6, 6.07) is 27.5. The normalized spacial score (nSPS) is 11.5. The molecule has 33 heavy (non-hydrogen) atoms. The number of carbonyl (C=O) groups is 1. The van der Waals surface area contributed by atoms with E-state index in [-0.39, 0.29) is 11.3 Å². The predicted octanol–water partition coefficient (Wildman–Crippen LogP) is 5.82. The van der Waals surface area contributed by atoms with Gasteiger partial charge in [-0.2, -0.15) is 0 Å². The first-order valence-electron chi connectivity index (χ1n) is 9.83. The number of carboxylic acids is 1. The van der Waals surface area contributed by atoms with E-state index in [2.05, 4.69) is 0 Å². The number of carboxylic acid groups (broad SMARTS) is 1. The molecular formula is C25H19NO6S. The summed E-state index contributed by atoms with van der Waals surface area (Å²) >= 11 is -2.47. The quantitative estimate of drug-likeness (QED) is 0.299. The van der Waals surface area contributed by atoms with Crippen molar-refractivity contribution in [1.29, 1.82) is 0 Å². The summed E-state index contributed by atoms with van der Waals surface area (Å²) in [5.41, 5.74) is 1.92. The van der Waals surface area contributed by atoms with Crippen LogP contribution in [0.5, 0.6) is 17.2 Å². The molecule has 0 radical (unpaired) electrons. The lowest BCUT2D eigenvalue weighted by Crippen LogP contribution is -2.19. The van der Waals surface area contributed by atoms with Gasteiger partial charge in [0.05, 0.1) is 11.4 Å². The van der Waals surface area contributed by atoms with E-state index in [0.29, 0.717) is 11.4 Å². The number of aromatic carboxylic acids is 1. The molecule has 8 heteroatoms. The van der Waals surface area contributed by atoms with Crippen molar-refractivity contribution >= 4 is 28.6 Å². The fraction of sp³-hybridized carbons (Fsp3) is 0. The molecule has 7 nitrogen and oxygen atoms in total. The van der Waals surface area contributed by atoms with E-state index in [1.165, 1.54) is 12.1 Å². The van der Waals surface area contributed by atoms with Crippen LogP contribution in [0.4, 0.5) is 11.4 Å². The van der Waals surface area contributed by atoms with Gasteiger partial charge in [0.1, 0.15) is 22.8 Å². The Bertz CT molecular complexity index is 1310. The van der Waals surface area contributed by atoms with E-state index in [0.717, 1.165) is 27.2 Å². The molecule has 0 aliphatic rings. The molecule has 0 heterocycles. The first-order valence-corrected chi connectivity index (χ1v) is 10.9. The van der Waals surface area contributed by atoms with Crippen LogP contribution in [0.2, 0.25) is 0 Å². The molecule has 0 bridgehead atoms. The van der Waals surface area contributed by atoms with E-state index < -0.39 is 23.0 Å². The van der Waals surface area contributed by atoms with E-state index in [9.17, 15) is 18.7 Å². The van der Waals surface area contributed by atoms with Gasteiger partial charge in [0.2, 0.25) is 0 Å². The number of hydrogen-bond acceptors (Lipinski definition) is 4. The average molecular weight is 461 g/mol. The maximum Gasteiger partial charge on any atom is 0.339 e. The largest absolute Gasteiger partial charge is 0.507 e. The highest BCUT2D eigenvalue weighted by molar-refractivity contribution is 7.81. The number of phenols is 1. The Morgan fingerprint density at radius 2 is 1.42 bits per heavy atom. The van der Waals surface area contributed by atoms with E-state index in [1.807, 2.05) is 60.7 Å². The summed E-state index contributed by atoms with van der Waals surface area (Å²) in [5, 5.41) is 19.1. The summed E-state index contributed by atoms with van der Waals surface area (Å²) in [5.74, 6) is -0.392. The number of benzene rings is 4. The van der Waals surface area contributed by atoms with Gasteiger partial charge in [0, 0.05) is 6.07 Å². The highest BCUT2D eigenvalue weighted by atomic mass is 32.2. The van der Waals surface area contributed by atoms with Gasteiger partial charge >= 0.3 is 5.97 Å². The van der Waals surface area contributed by atoms with Crippen LogP contribution in [0.25, 0.3) is 11.1 Å². The number of aromatic hydroxyl groups is 1. The lowest BCUT2D eigenvalue weighted by Gasteiger charge is -2.21. The standard InChI is InChI=1S/C25H19NO6S/c27-24-16-20(11-14-23(24)25(28)29)26(33(30)31)19-6-4-5-18(15-19)17-9-12-22(13-10-17)32-21-7-2-1-3-8-21/h1-16,27H,(H,28,29)(H,30,31). The van der Waals surface area contributed by atoms with Crippen LogP contribution in [0.15, 0.2) is 97.1 Å². The van der Waals surface area contributed by atoms with Gasteiger partial charge < -0.3 is 14.9 Å². The molecule has 4 rings (SSSR count). The van der Waals surface area contributed by atoms with Crippen LogP contribution < -0.4 is 9.04 Å². The van der Waals surface area contributed by atoms with Crippen LogP contribution >= 0.6 is 0 Å². The molecule has 0 spiro atoms. The zero-order valence-electron chi connectivity index (χ0n) is 17.2. The maximum atomic E-state index is 12.1. The molecule has 166 valence electrons. The van der Waals surface area contributed by atoms with Gasteiger partial charge in [-0.25, -0.2) is 13.3 Å². The Hall–Kier alpha value is -4.14. The smallest absolute Gasteiger partial charge is 0.339 e. The number of hydrogen-bond donors (Lipinski definition) is 3. The summed E-state index contributed by atoms with van der Waals surface area (Å²) in [6.45, 7) is 0. The van der Waals surface area contributed by atoms with Crippen LogP contribution in [0.1, 0.15) is 10.4 Å². The van der Waals surface area contributed by atoms with Crippen molar-refractivity contribution in [2.45, 2.75) is 0 Å². The van der Waals surface area contributed by atoms with Gasteiger partial charge in [-0.05, 0) is 59.7 Å². The Morgan fingerprint density at radius 1 is 0.758 bits per heavy atom. The molecule has 0 saturated heterocycles. The lowest BCUT2D eigenvalue weighted by atomic mass is 10.0. The summed E-state index contributed by atoms with van der Waals surface area (Å²) < 4.78 is 28.9. The highest BCUT2D eigenvalue weighted by Gasteiger charge is 2.19. The molecule has 0 fully saturated rings. The first-order chi connectivity index (χ1) is 15.9. The van der Waals surface area contributed by atoms with Crippen molar-refractivity contribution in [3.63, 3.8) is 0 Å². The van der Waals surface area contributed by atoms with E-state index >= 15 is 0 Å². The van der Waals surface area contributed by atoms with Gasteiger partial charge in [-0.15, -0.1) is 0 Å². The summed E-state index contributed by atoms with van der Waals surface area (Å²) in [4.78, 5) is 11.1. The third-order valence-electron chi connectivity index (χ3n) is 4.85. The minimum atomic E-state index is -2.47. The fourth-order valence-electron chi connectivity index (χ4n) is 3.31. The second kappa shape index (κ2) is 9.56. The molecule has 0 amide bonds. The Morgan fingerprint density at radius 3 is 2.06 bits per heavy atom. The highest BCUT2D eigenvalue weighted by Crippen LogP contribution is 2.34. The molecule has 0 aliphatic heterocycles. The zero-order valence-corrected chi connectivity index (χ0v) is 18.0. The van der Waals surface area contributed by atoms with Gasteiger partial charge in [-0.1, -0.05) is 42.5 Å². The molecule has 1 atom stereocenters. The molecule has 3 N–H and O–H groups in total. The second-order valence-corrected chi connectivity index (χ2v) is 7.85. The number of rotatable bonds is 7. The van der Waals surface area contributed by atoms with Crippen LogP contribution in [0, 0.1) is 0 Å². The van der Waals surface area contributed by atoms with E-state index in [4.69, 9.17) is 9.84 Å². The topological polar surface area (TPSA) is 107 Å². The van der Waals surface area contributed by atoms with Crippen molar-refractivity contribution in [3.05, 3.63) is 103 Å². The predicted molar refractivity (Wildman–Crippen MR) is 126 cm³/mol. The summed E-state index contributed by atoms with van der Waals surface area (Å²) in [7, 11) is 0. The van der Waals surface area contributed by atoms with E-state index in [1.54, 1.807) is 18.2 Å². The first kappa shape index (κ1) is 22.1. The third kappa shape index (κ3) is 5.03. The van der Waals surface area contributed by atoms with Crippen molar-refractivity contribution in [3.8, 4) is 28.4 Å². The minimum Gasteiger partial charge on any atom is -0.507 e. The zero-order chi connectivity index (χ0) is 23.4. The molecule has 0 aromatic heterocycles. The molecule has 0 aliphatic carbocycles. The van der Waals surface area contributed by atoms with Crippen molar-refractivity contribution in [2.24, 2.45) is 0 Å². The maximum absolute atomic E-state index is 12.1.